The molecule has 0 spiro atoms. The molecule has 3 nitrogen and oxygen atoms in total. The van der Waals surface area contributed by atoms with Gasteiger partial charge in [-0.05, 0) is 92.3 Å². The van der Waals surface area contributed by atoms with Crippen molar-refractivity contribution in [1.29, 1.82) is 0 Å². The summed E-state index contributed by atoms with van der Waals surface area (Å²) in [5.41, 5.74) is 4.48. The van der Waals surface area contributed by atoms with E-state index in [-0.39, 0.29) is 22.3 Å². The normalized spacial score (nSPS) is 43.0. The summed E-state index contributed by atoms with van der Waals surface area (Å²) < 4.78 is 0. The molecule has 3 heteroatoms. The number of carbonyl (C=O) groups is 1. The highest BCUT2D eigenvalue weighted by Crippen LogP contribution is 2.71. The fourth-order valence-corrected chi connectivity index (χ4v) is 8.97. The number of hydrogen-bond donors (Lipinski definition) is 2. The van der Waals surface area contributed by atoms with Crippen molar-refractivity contribution in [2.75, 3.05) is 0 Å². The van der Waals surface area contributed by atoms with E-state index < -0.39 is 5.97 Å². The monoisotopic (exact) mass is 454 g/mol. The van der Waals surface area contributed by atoms with Gasteiger partial charge in [0.05, 0.1) is 6.10 Å². The average molecular weight is 455 g/mol. The van der Waals surface area contributed by atoms with Crippen LogP contribution in [0, 0.1) is 39.4 Å². The molecule has 4 rings (SSSR count). The van der Waals surface area contributed by atoms with Crippen LogP contribution in [0.3, 0.4) is 0 Å². The minimum Gasteiger partial charge on any atom is -0.478 e. The number of rotatable bonds is 5. The van der Waals surface area contributed by atoms with Crippen molar-refractivity contribution in [3.05, 3.63) is 34.9 Å². The first-order valence-electron chi connectivity index (χ1n) is 13.3. The maximum atomic E-state index is 11.1. The number of aliphatic hydroxyl groups excluding tert-OH is 1. The molecule has 0 aromatic heterocycles. The van der Waals surface area contributed by atoms with Gasteiger partial charge in [-0.2, -0.15) is 0 Å². The van der Waals surface area contributed by atoms with Crippen LogP contribution in [0.1, 0.15) is 99.8 Å². The number of aliphatic carboxylic acids is 1. The zero-order chi connectivity index (χ0) is 24.4. The van der Waals surface area contributed by atoms with E-state index in [0.717, 1.165) is 12.8 Å². The molecule has 184 valence electrons. The Morgan fingerprint density at radius 1 is 1.12 bits per heavy atom. The molecule has 2 N–H and O–H groups in total. The van der Waals surface area contributed by atoms with Gasteiger partial charge in [-0.3, -0.25) is 0 Å². The highest BCUT2D eigenvalue weighted by Gasteiger charge is 2.62. The molecule has 7 atom stereocenters. The van der Waals surface area contributed by atoms with Gasteiger partial charge in [0, 0.05) is 11.0 Å². The molecule has 0 bridgehead atoms. The van der Waals surface area contributed by atoms with E-state index in [1.807, 2.05) is 6.08 Å². The lowest BCUT2D eigenvalue weighted by molar-refractivity contribution is -0.132. The summed E-state index contributed by atoms with van der Waals surface area (Å²) in [6.07, 6.45) is 15.3. The van der Waals surface area contributed by atoms with Gasteiger partial charge in [-0.1, -0.05) is 70.9 Å². The van der Waals surface area contributed by atoms with Crippen LogP contribution in [-0.2, 0) is 4.79 Å². The topological polar surface area (TPSA) is 57.5 Å². The molecule has 0 aromatic rings. The Morgan fingerprint density at radius 3 is 2.48 bits per heavy atom. The lowest BCUT2D eigenvalue weighted by Crippen LogP contribution is -2.53. The van der Waals surface area contributed by atoms with E-state index in [0.29, 0.717) is 28.7 Å². The van der Waals surface area contributed by atoms with Crippen LogP contribution in [0.2, 0.25) is 0 Å². The summed E-state index contributed by atoms with van der Waals surface area (Å²) in [6.45, 7) is 16.2. The molecule has 0 heterocycles. The molecule has 0 saturated heterocycles. The number of hydrogen-bond acceptors (Lipinski definition) is 2. The third kappa shape index (κ3) is 3.51. The molecule has 0 unspecified atom stereocenters. The van der Waals surface area contributed by atoms with E-state index in [9.17, 15) is 9.90 Å². The van der Waals surface area contributed by atoms with Gasteiger partial charge in [0.25, 0.3) is 0 Å². The van der Waals surface area contributed by atoms with E-state index in [4.69, 9.17) is 5.11 Å². The van der Waals surface area contributed by atoms with Crippen LogP contribution >= 0.6 is 0 Å². The van der Waals surface area contributed by atoms with Crippen LogP contribution in [0.5, 0.6) is 0 Å². The second-order valence-corrected chi connectivity index (χ2v) is 13.1. The Kier molecular flexibility index (Phi) is 6.08. The average Bonchev–Trinajstić information content (AvgIpc) is 3.02. The van der Waals surface area contributed by atoms with Crippen molar-refractivity contribution >= 4 is 5.97 Å². The van der Waals surface area contributed by atoms with Crippen LogP contribution in [0.25, 0.3) is 0 Å². The first kappa shape index (κ1) is 24.8. The fraction of sp³-hybridized carbons (Fsp3) is 0.767. The number of fused-ring (bicyclic) bond motifs is 4. The van der Waals surface area contributed by atoms with Crippen molar-refractivity contribution in [1.82, 2.24) is 0 Å². The van der Waals surface area contributed by atoms with E-state index in [2.05, 4.69) is 53.7 Å². The summed E-state index contributed by atoms with van der Waals surface area (Å²) in [6, 6.07) is 0. The predicted molar refractivity (Wildman–Crippen MR) is 135 cm³/mol. The standard InChI is InChI=1S/C30H46O3/c1-19(9-8-10-20(2)26(32)33)21-13-17-30(7)23-11-12-24-27(3,4)25(31)15-16-28(24,5)22(23)14-18-29(21,30)6/h10,15-16,19,21,24-25,31H,8-9,11-14,17-18H2,1-7H3,(H,32,33)/b20-10+/t19-,21-,24+,25+,28-,29-,30+/m1/s1. The number of aliphatic hydroxyl groups is 1. The minimum atomic E-state index is -0.800. The van der Waals surface area contributed by atoms with Crippen molar-refractivity contribution in [3.8, 4) is 0 Å². The van der Waals surface area contributed by atoms with Crippen LogP contribution in [0.4, 0.5) is 0 Å². The van der Waals surface area contributed by atoms with Crippen molar-refractivity contribution < 1.29 is 15.0 Å². The Balaban J connectivity index is 1.62. The van der Waals surface area contributed by atoms with Crippen molar-refractivity contribution in [2.45, 2.75) is 106 Å². The number of carboxylic acids is 1. The largest absolute Gasteiger partial charge is 0.478 e. The number of allylic oxidation sites excluding steroid dienone is 4. The maximum Gasteiger partial charge on any atom is 0.330 e. The van der Waals surface area contributed by atoms with E-state index in [1.54, 1.807) is 18.1 Å². The SMILES string of the molecule is C/C(=C\CC[C@@H](C)[C@H]1CC[C@@]2(C)C3=C(CC[C@]12C)[C@@]1(C)C=C[C@H](O)C(C)(C)[C@@H]1CC3)C(=O)O. The van der Waals surface area contributed by atoms with Gasteiger partial charge in [0.1, 0.15) is 0 Å². The van der Waals surface area contributed by atoms with Gasteiger partial charge < -0.3 is 10.2 Å². The van der Waals surface area contributed by atoms with Gasteiger partial charge in [-0.15, -0.1) is 0 Å². The van der Waals surface area contributed by atoms with Gasteiger partial charge in [0.15, 0.2) is 0 Å². The zero-order valence-electron chi connectivity index (χ0n) is 22.0. The lowest BCUT2D eigenvalue weighted by Gasteiger charge is -2.60. The fourth-order valence-electron chi connectivity index (χ4n) is 8.97. The van der Waals surface area contributed by atoms with Crippen molar-refractivity contribution in [3.63, 3.8) is 0 Å². The van der Waals surface area contributed by atoms with Gasteiger partial charge in [0.2, 0.25) is 0 Å². The third-order valence-electron chi connectivity index (χ3n) is 11.4. The van der Waals surface area contributed by atoms with Gasteiger partial charge >= 0.3 is 5.97 Å². The van der Waals surface area contributed by atoms with Crippen LogP contribution < -0.4 is 0 Å². The predicted octanol–water partition coefficient (Wildman–Crippen LogP) is 7.32. The summed E-state index contributed by atoms with van der Waals surface area (Å²) in [4.78, 5) is 11.1. The highest BCUT2D eigenvalue weighted by molar-refractivity contribution is 5.85. The summed E-state index contributed by atoms with van der Waals surface area (Å²) in [5.74, 6) is 0.997. The highest BCUT2D eigenvalue weighted by atomic mass is 16.4. The molecule has 0 amide bonds. The summed E-state index contributed by atoms with van der Waals surface area (Å²) in [5, 5.41) is 19.9. The Hall–Kier alpha value is -1.35. The Labute approximate surface area is 201 Å². The molecule has 4 aliphatic carbocycles. The Bertz CT molecular complexity index is 908. The maximum absolute atomic E-state index is 11.1. The molecule has 0 aliphatic heterocycles. The summed E-state index contributed by atoms with van der Waals surface area (Å²) >= 11 is 0. The summed E-state index contributed by atoms with van der Waals surface area (Å²) in [7, 11) is 0. The first-order valence-corrected chi connectivity index (χ1v) is 13.3. The molecule has 33 heavy (non-hydrogen) atoms. The van der Waals surface area contributed by atoms with Crippen molar-refractivity contribution in [2.24, 2.45) is 39.4 Å². The smallest absolute Gasteiger partial charge is 0.330 e. The second-order valence-electron chi connectivity index (χ2n) is 13.1. The molecule has 1 saturated carbocycles. The molecular formula is C30H46O3. The molecule has 4 aliphatic rings. The molecule has 0 radical (unpaired) electrons. The lowest BCUT2D eigenvalue weighted by atomic mass is 9.44. The van der Waals surface area contributed by atoms with Crippen LogP contribution in [0.15, 0.2) is 34.9 Å². The molecule has 0 aromatic carbocycles. The molecular weight excluding hydrogens is 408 g/mol. The second kappa shape index (κ2) is 8.11. The Morgan fingerprint density at radius 2 is 1.82 bits per heavy atom. The molecule has 1 fully saturated rings. The number of carboxylic acid groups (broad SMARTS) is 1. The van der Waals surface area contributed by atoms with E-state index in [1.165, 1.54) is 38.5 Å². The first-order chi connectivity index (χ1) is 15.3. The minimum absolute atomic E-state index is 0.0729. The quantitative estimate of drug-likeness (QED) is 0.338. The van der Waals surface area contributed by atoms with E-state index >= 15 is 0 Å². The van der Waals surface area contributed by atoms with Gasteiger partial charge in [-0.25, -0.2) is 4.79 Å². The zero-order valence-corrected chi connectivity index (χ0v) is 22.0. The third-order valence-corrected chi connectivity index (χ3v) is 11.4. The van der Waals surface area contributed by atoms with Crippen LogP contribution in [-0.4, -0.2) is 22.3 Å².